The topological polar surface area (TPSA) is 80.1 Å². The van der Waals surface area contributed by atoms with Crippen molar-refractivity contribution in [2.45, 2.75) is 39.8 Å². The quantitative estimate of drug-likeness (QED) is 0.796. The molecule has 0 atom stereocenters. The highest BCUT2D eigenvalue weighted by Crippen LogP contribution is 2.12. The van der Waals surface area contributed by atoms with Crippen molar-refractivity contribution in [2.24, 2.45) is 0 Å². The highest BCUT2D eigenvalue weighted by atomic mass is 16.5. The van der Waals surface area contributed by atoms with Gasteiger partial charge in [-0.1, -0.05) is 5.16 Å². The Morgan fingerprint density at radius 3 is 2.81 bits per heavy atom. The first-order valence-corrected chi connectivity index (χ1v) is 7.09. The van der Waals surface area contributed by atoms with Crippen LogP contribution in [0.5, 0.6) is 0 Å². The van der Waals surface area contributed by atoms with Gasteiger partial charge in [-0.3, -0.25) is 10.00 Å². The number of hydrogen-bond donors (Lipinski definition) is 1. The number of hydrogen-bond acceptors (Lipinski definition) is 6. The molecule has 7 nitrogen and oxygen atoms in total. The third-order valence-corrected chi connectivity index (χ3v) is 3.44. The number of aromatic nitrogens is 4. The molecule has 0 unspecified atom stereocenters. The average molecular weight is 293 g/mol. The number of nitrogens with one attached hydrogen (secondary N) is 1. The lowest BCUT2D eigenvalue weighted by molar-refractivity contribution is 0.174. The lowest BCUT2D eigenvalue weighted by atomic mass is 10.1. The maximum atomic E-state index is 5.18. The van der Waals surface area contributed by atoms with E-state index in [1.54, 1.807) is 7.11 Å². The van der Waals surface area contributed by atoms with E-state index in [-0.39, 0.29) is 0 Å². The van der Waals surface area contributed by atoms with Crippen molar-refractivity contribution in [3.63, 3.8) is 0 Å². The Morgan fingerprint density at radius 1 is 1.33 bits per heavy atom. The molecule has 0 radical (unpaired) electrons. The molecule has 2 heterocycles. The highest BCUT2D eigenvalue weighted by Gasteiger charge is 2.10. The molecular formula is C14H23N5O2. The molecule has 7 heteroatoms. The molecule has 0 fully saturated rings. The van der Waals surface area contributed by atoms with Gasteiger partial charge in [0, 0.05) is 12.8 Å². The molecular weight excluding hydrogens is 270 g/mol. The van der Waals surface area contributed by atoms with E-state index in [1.807, 2.05) is 6.92 Å². The lowest BCUT2D eigenvalue weighted by Gasteiger charge is -2.13. The van der Waals surface area contributed by atoms with Crippen LogP contribution in [0.25, 0.3) is 0 Å². The van der Waals surface area contributed by atoms with E-state index in [0.29, 0.717) is 24.9 Å². The molecule has 116 valence electrons. The Hall–Kier alpha value is -1.73. The fourth-order valence-electron chi connectivity index (χ4n) is 2.32. The van der Waals surface area contributed by atoms with Crippen molar-refractivity contribution in [3.05, 3.63) is 28.7 Å². The maximum Gasteiger partial charge on any atom is 0.240 e. The van der Waals surface area contributed by atoms with Gasteiger partial charge in [0.15, 0.2) is 5.82 Å². The van der Waals surface area contributed by atoms with Gasteiger partial charge in [-0.2, -0.15) is 10.1 Å². The number of nitrogens with zero attached hydrogens (tertiary/aromatic N) is 4. The second kappa shape index (κ2) is 7.33. The molecule has 0 saturated carbocycles. The van der Waals surface area contributed by atoms with Gasteiger partial charge in [-0.15, -0.1) is 0 Å². The second-order valence-corrected chi connectivity index (χ2v) is 5.29. The van der Waals surface area contributed by atoms with Gasteiger partial charge in [-0.25, -0.2) is 0 Å². The summed E-state index contributed by atoms with van der Waals surface area (Å²) in [5.41, 5.74) is 3.58. The van der Waals surface area contributed by atoms with Crippen LogP contribution in [0.4, 0.5) is 0 Å². The number of aryl methyl sites for hydroxylation is 2. The molecule has 2 aromatic rings. The Labute approximate surface area is 124 Å². The first kappa shape index (κ1) is 15.7. The summed E-state index contributed by atoms with van der Waals surface area (Å²) in [5.74, 6) is 1.21. The number of H-pyrrole nitrogens is 1. The monoisotopic (exact) mass is 293 g/mol. The molecule has 1 N–H and O–H groups in total. The Morgan fingerprint density at radius 2 is 2.14 bits per heavy atom. The summed E-state index contributed by atoms with van der Waals surface area (Å²) in [7, 11) is 3.66. The SMILES string of the molecule is COCc1noc(CN(C)CCCc2c(C)n[nH]c2C)n1. The lowest BCUT2D eigenvalue weighted by Crippen LogP contribution is -2.20. The summed E-state index contributed by atoms with van der Waals surface area (Å²) in [6, 6.07) is 0. The predicted octanol–water partition coefficient (Wildman–Crippen LogP) is 1.62. The van der Waals surface area contributed by atoms with Crippen molar-refractivity contribution in [2.75, 3.05) is 20.7 Å². The van der Waals surface area contributed by atoms with E-state index in [0.717, 1.165) is 30.8 Å². The largest absolute Gasteiger partial charge is 0.377 e. The van der Waals surface area contributed by atoms with Crippen LogP contribution in [0.3, 0.4) is 0 Å². The molecule has 0 bridgehead atoms. The molecule has 0 spiro atoms. The summed E-state index contributed by atoms with van der Waals surface area (Å²) >= 11 is 0. The zero-order valence-corrected chi connectivity index (χ0v) is 13.1. The van der Waals surface area contributed by atoms with Gasteiger partial charge >= 0.3 is 0 Å². The van der Waals surface area contributed by atoms with Crippen molar-refractivity contribution in [1.82, 2.24) is 25.2 Å². The molecule has 0 aliphatic rings. The van der Waals surface area contributed by atoms with E-state index in [4.69, 9.17) is 9.26 Å². The summed E-state index contributed by atoms with van der Waals surface area (Å²) in [4.78, 5) is 6.44. The van der Waals surface area contributed by atoms with Crippen LogP contribution in [-0.2, 0) is 24.3 Å². The number of rotatable bonds is 8. The molecule has 2 rings (SSSR count). The summed E-state index contributed by atoms with van der Waals surface area (Å²) < 4.78 is 10.1. The van der Waals surface area contributed by atoms with Crippen LogP contribution >= 0.6 is 0 Å². The second-order valence-electron chi connectivity index (χ2n) is 5.29. The minimum Gasteiger partial charge on any atom is -0.377 e. The number of aromatic amines is 1. The maximum absolute atomic E-state index is 5.18. The van der Waals surface area contributed by atoms with Gasteiger partial charge in [0.05, 0.1) is 12.2 Å². The summed E-state index contributed by atoms with van der Waals surface area (Å²) in [5, 5.41) is 11.1. The van der Waals surface area contributed by atoms with Gasteiger partial charge in [-0.05, 0) is 45.8 Å². The fraction of sp³-hybridized carbons (Fsp3) is 0.643. The predicted molar refractivity (Wildman–Crippen MR) is 77.7 cm³/mol. The molecule has 0 saturated heterocycles. The van der Waals surface area contributed by atoms with Crippen molar-refractivity contribution >= 4 is 0 Å². The van der Waals surface area contributed by atoms with Crippen molar-refractivity contribution < 1.29 is 9.26 Å². The fourth-order valence-corrected chi connectivity index (χ4v) is 2.32. The van der Waals surface area contributed by atoms with Crippen LogP contribution < -0.4 is 0 Å². The van der Waals surface area contributed by atoms with E-state index >= 15 is 0 Å². The van der Waals surface area contributed by atoms with Gasteiger partial charge < -0.3 is 9.26 Å². The molecule has 2 aromatic heterocycles. The first-order chi connectivity index (χ1) is 10.1. The zero-order chi connectivity index (χ0) is 15.2. The molecule has 0 aliphatic carbocycles. The Kier molecular flexibility index (Phi) is 5.46. The van der Waals surface area contributed by atoms with E-state index in [1.165, 1.54) is 5.56 Å². The van der Waals surface area contributed by atoms with Crippen LogP contribution in [0.2, 0.25) is 0 Å². The third kappa shape index (κ3) is 4.37. The van der Waals surface area contributed by atoms with Gasteiger partial charge in [0.2, 0.25) is 5.89 Å². The van der Waals surface area contributed by atoms with Crippen LogP contribution in [0, 0.1) is 13.8 Å². The van der Waals surface area contributed by atoms with Gasteiger partial charge in [0.1, 0.15) is 6.61 Å². The standard InChI is InChI=1S/C14H23N5O2/c1-10-12(11(2)17-16-10)6-5-7-19(3)8-14-15-13(9-20-4)18-21-14/h5-9H2,1-4H3,(H,16,17). The average Bonchev–Trinajstić information content (AvgIpc) is 3.00. The van der Waals surface area contributed by atoms with E-state index in [2.05, 4.69) is 39.2 Å². The number of ether oxygens (including phenoxy) is 1. The number of methoxy groups -OCH3 is 1. The third-order valence-electron chi connectivity index (χ3n) is 3.44. The van der Waals surface area contributed by atoms with Crippen LogP contribution in [0.15, 0.2) is 4.52 Å². The summed E-state index contributed by atoms with van der Waals surface area (Å²) in [6.45, 7) is 6.10. The molecule has 0 aromatic carbocycles. The Bertz CT molecular complexity index is 544. The van der Waals surface area contributed by atoms with Gasteiger partial charge in [0.25, 0.3) is 0 Å². The highest BCUT2D eigenvalue weighted by molar-refractivity contribution is 5.23. The zero-order valence-electron chi connectivity index (χ0n) is 13.1. The van der Waals surface area contributed by atoms with E-state index in [9.17, 15) is 0 Å². The van der Waals surface area contributed by atoms with Crippen LogP contribution in [-0.4, -0.2) is 45.9 Å². The Balaban J connectivity index is 1.75. The normalized spacial score (nSPS) is 11.5. The van der Waals surface area contributed by atoms with Crippen molar-refractivity contribution in [3.8, 4) is 0 Å². The summed E-state index contributed by atoms with van der Waals surface area (Å²) in [6.07, 6.45) is 2.09. The molecule has 21 heavy (non-hydrogen) atoms. The minimum absolute atomic E-state index is 0.381. The minimum atomic E-state index is 0.381. The van der Waals surface area contributed by atoms with E-state index < -0.39 is 0 Å². The molecule has 0 aliphatic heterocycles. The van der Waals surface area contributed by atoms with Crippen LogP contribution in [0.1, 0.15) is 35.1 Å². The molecule has 0 amide bonds. The van der Waals surface area contributed by atoms with Crippen molar-refractivity contribution in [1.29, 1.82) is 0 Å². The smallest absolute Gasteiger partial charge is 0.240 e. The first-order valence-electron chi connectivity index (χ1n) is 7.09.